The number of esters is 1. The van der Waals surface area contributed by atoms with Crippen LogP contribution in [0.15, 0.2) is 48.5 Å². The molecule has 0 fully saturated rings. The molecule has 0 aliphatic carbocycles. The van der Waals surface area contributed by atoms with E-state index in [1.165, 1.54) is 11.1 Å². The van der Waals surface area contributed by atoms with Crippen molar-refractivity contribution in [1.82, 2.24) is 4.90 Å². The first-order valence-corrected chi connectivity index (χ1v) is 8.97. The molecule has 2 aromatic carbocycles. The molecule has 5 nitrogen and oxygen atoms in total. The van der Waals surface area contributed by atoms with Gasteiger partial charge >= 0.3 is 5.97 Å². The molecule has 1 aliphatic rings. The lowest BCUT2D eigenvalue weighted by atomic mass is 9.94. The van der Waals surface area contributed by atoms with Gasteiger partial charge < -0.3 is 10.1 Å². The Hall–Kier alpha value is -2.66. The van der Waals surface area contributed by atoms with Crippen LogP contribution >= 0.6 is 0 Å². The Balaban J connectivity index is 1.58. The number of fused-ring (bicyclic) bond motifs is 1. The fourth-order valence-corrected chi connectivity index (χ4v) is 3.33. The van der Waals surface area contributed by atoms with E-state index in [-0.39, 0.29) is 17.9 Å². The van der Waals surface area contributed by atoms with Gasteiger partial charge in [-0.1, -0.05) is 24.3 Å². The smallest absolute Gasteiger partial charge is 0.338 e. The number of carbonyl (C=O) groups is 2. The molecule has 5 heteroatoms. The lowest BCUT2D eigenvalue weighted by Crippen LogP contribution is -2.39. The highest BCUT2D eigenvalue weighted by Gasteiger charge is 2.24. The quantitative estimate of drug-likeness (QED) is 0.838. The summed E-state index contributed by atoms with van der Waals surface area (Å²) in [6, 6.07) is 15.4. The largest absolute Gasteiger partial charge is 0.462 e. The predicted octanol–water partition coefficient (Wildman–Crippen LogP) is 3.42. The van der Waals surface area contributed by atoms with Gasteiger partial charge in [-0.2, -0.15) is 0 Å². The first kappa shape index (κ1) is 18.1. The minimum absolute atomic E-state index is 0.0554. The minimum Gasteiger partial charge on any atom is -0.462 e. The average Bonchev–Trinajstić information content (AvgIpc) is 2.65. The monoisotopic (exact) mass is 352 g/mol. The maximum atomic E-state index is 12.4. The zero-order valence-electron chi connectivity index (χ0n) is 15.2. The van der Waals surface area contributed by atoms with Gasteiger partial charge in [0.25, 0.3) is 0 Å². The average molecular weight is 352 g/mol. The number of amides is 1. The second kappa shape index (κ2) is 8.15. The normalized spacial score (nSPS) is 16.6. The highest BCUT2D eigenvalue weighted by Crippen LogP contribution is 2.28. The topological polar surface area (TPSA) is 58.6 Å². The summed E-state index contributed by atoms with van der Waals surface area (Å²) in [5.41, 5.74) is 3.82. The minimum atomic E-state index is -0.355. The van der Waals surface area contributed by atoms with Crippen LogP contribution in [-0.4, -0.2) is 36.5 Å². The third kappa shape index (κ3) is 4.11. The van der Waals surface area contributed by atoms with Crippen LogP contribution in [0, 0.1) is 0 Å². The molecule has 0 saturated heterocycles. The second-order valence-electron chi connectivity index (χ2n) is 6.44. The number of carbonyl (C=O) groups excluding carboxylic acids is 2. The van der Waals surface area contributed by atoms with Gasteiger partial charge in [0.1, 0.15) is 0 Å². The van der Waals surface area contributed by atoms with Crippen molar-refractivity contribution in [2.45, 2.75) is 26.3 Å². The van der Waals surface area contributed by atoms with Crippen molar-refractivity contribution in [1.29, 1.82) is 0 Å². The van der Waals surface area contributed by atoms with Crippen molar-refractivity contribution >= 4 is 17.6 Å². The number of rotatable bonds is 5. The summed E-state index contributed by atoms with van der Waals surface area (Å²) in [5.74, 6) is -0.411. The third-order valence-electron chi connectivity index (χ3n) is 4.75. The highest BCUT2D eigenvalue weighted by molar-refractivity contribution is 5.94. The molecule has 0 aromatic heterocycles. The van der Waals surface area contributed by atoms with Gasteiger partial charge in [-0.25, -0.2) is 4.79 Å². The number of ether oxygens (including phenoxy) is 1. The van der Waals surface area contributed by atoms with E-state index in [2.05, 4.69) is 35.3 Å². The molecule has 0 bridgehead atoms. The van der Waals surface area contributed by atoms with E-state index < -0.39 is 0 Å². The standard InChI is InChI=1S/C21H24N2O3/c1-3-26-21(25)17-8-10-18(11-9-17)22-20(24)14-23-13-12-16-6-4-5-7-19(16)15(23)2/h4-11,15H,3,12-14H2,1-2H3,(H,22,24). The van der Waals surface area contributed by atoms with E-state index in [0.29, 0.717) is 24.4 Å². The van der Waals surface area contributed by atoms with Crippen LogP contribution in [0.2, 0.25) is 0 Å². The molecule has 1 aliphatic heterocycles. The van der Waals surface area contributed by atoms with E-state index in [9.17, 15) is 9.59 Å². The Morgan fingerprint density at radius 1 is 1.15 bits per heavy atom. The zero-order valence-corrected chi connectivity index (χ0v) is 15.2. The van der Waals surface area contributed by atoms with Gasteiger partial charge in [0.05, 0.1) is 18.7 Å². The van der Waals surface area contributed by atoms with Crippen molar-refractivity contribution in [2.24, 2.45) is 0 Å². The second-order valence-corrected chi connectivity index (χ2v) is 6.44. The molecule has 1 N–H and O–H groups in total. The Kier molecular flexibility index (Phi) is 5.68. The van der Waals surface area contributed by atoms with Crippen LogP contribution in [0.1, 0.15) is 41.4 Å². The molecule has 1 amide bonds. The van der Waals surface area contributed by atoms with E-state index in [0.717, 1.165) is 13.0 Å². The fraction of sp³-hybridized carbons (Fsp3) is 0.333. The Labute approximate surface area is 154 Å². The lowest BCUT2D eigenvalue weighted by Gasteiger charge is -2.34. The number of anilines is 1. The van der Waals surface area contributed by atoms with E-state index in [1.807, 2.05) is 6.07 Å². The number of hydrogen-bond donors (Lipinski definition) is 1. The molecule has 1 unspecified atom stereocenters. The number of nitrogens with one attached hydrogen (secondary N) is 1. The summed E-state index contributed by atoms with van der Waals surface area (Å²) in [6.45, 7) is 5.46. The van der Waals surface area contributed by atoms with Gasteiger partial charge in [0, 0.05) is 18.3 Å². The molecule has 0 radical (unpaired) electrons. The SMILES string of the molecule is CCOC(=O)c1ccc(NC(=O)CN2CCc3ccccc3C2C)cc1. The molecule has 26 heavy (non-hydrogen) atoms. The molecular weight excluding hydrogens is 328 g/mol. The maximum absolute atomic E-state index is 12.4. The Bertz CT molecular complexity index is 786. The van der Waals surface area contributed by atoms with E-state index in [4.69, 9.17) is 4.74 Å². The molecule has 136 valence electrons. The summed E-state index contributed by atoms with van der Waals surface area (Å²) < 4.78 is 4.96. The van der Waals surface area contributed by atoms with Gasteiger partial charge in [-0.3, -0.25) is 9.69 Å². The molecule has 1 atom stereocenters. The van der Waals surface area contributed by atoms with Crippen molar-refractivity contribution in [3.63, 3.8) is 0 Å². The van der Waals surface area contributed by atoms with Gasteiger partial charge in [-0.05, 0) is 55.7 Å². The first-order chi connectivity index (χ1) is 12.6. The molecule has 2 aromatic rings. The Morgan fingerprint density at radius 3 is 2.62 bits per heavy atom. The summed E-state index contributed by atoms with van der Waals surface area (Å²) in [6.07, 6.45) is 0.960. The van der Waals surface area contributed by atoms with Gasteiger partial charge in [-0.15, -0.1) is 0 Å². The van der Waals surface area contributed by atoms with Gasteiger partial charge in [0.15, 0.2) is 0 Å². The summed E-state index contributed by atoms with van der Waals surface area (Å²) >= 11 is 0. The van der Waals surface area contributed by atoms with Crippen molar-refractivity contribution in [3.05, 3.63) is 65.2 Å². The molecule has 0 saturated carbocycles. The predicted molar refractivity (Wildman–Crippen MR) is 101 cm³/mol. The molecule has 0 spiro atoms. The van der Waals surface area contributed by atoms with E-state index in [1.54, 1.807) is 31.2 Å². The first-order valence-electron chi connectivity index (χ1n) is 8.97. The fourth-order valence-electron chi connectivity index (χ4n) is 3.33. The van der Waals surface area contributed by atoms with Crippen molar-refractivity contribution in [2.75, 3.05) is 25.0 Å². The molecule has 1 heterocycles. The van der Waals surface area contributed by atoms with Crippen LogP contribution in [0.4, 0.5) is 5.69 Å². The molecular formula is C21H24N2O3. The van der Waals surface area contributed by atoms with Crippen molar-refractivity contribution in [3.8, 4) is 0 Å². The highest BCUT2D eigenvalue weighted by atomic mass is 16.5. The maximum Gasteiger partial charge on any atom is 0.338 e. The third-order valence-corrected chi connectivity index (χ3v) is 4.75. The number of nitrogens with zero attached hydrogens (tertiary/aromatic N) is 1. The van der Waals surface area contributed by atoms with Crippen LogP contribution in [0.25, 0.3) is 0 Å². The lowest BCUT2D eigenvalue weighted by molar-refractivity contribution is -0.117. The molecule has 3 rings (SSSR count). The van der Waals surface area contributed by atoms with Crippen molar-refractivity contribution < 1.29 is 14.3 Å². The number of benzene rings is 2. The van der Waals surface area contributed by atoms with Crippen LogP contribution in [0.5, 0.6) is 0 Å². The van der Waals surface area contributed by atoms with Crippen LogP contribution < -0.4 is 5.32 Å². The Morgan fingerprint density at radius 2 is 1.88 bits per heavy atom. The van der Waals surface area contributed by atoms with Gasteiger partial charge in [0.2, 0.25) is 5.91 Å². The summed E-state index contributed by atoms with van der Waals surface area (Å²) in [7, 11) is 0. The van der Waals surface area contributed by atoms with Crippen LogP contribution in [0.3, 0.4) is 0 Å². The summed E-state index contributed by atoms with van der Waals surface area (Å²) in [5, 5.41) is 2.90. The van der Waals surface area contributed by atoms with Crippen LogP contribution in [-0.2, 0) is 16.0 Å². The summed E-state index contributed by atoms with van der Waals surface area (Å²) in [4.78, 5) is 26.3. The zero-order chi connectivity index (χ0) is 18.5. The number of hydrogen-bond acceptors (Lipinski definition) is 4. The van der Waals surface area contributed by atoms with E-state index >= 15 is 0 Å².